The summed E-state index contributed by atoms with van der Waals surface area (Å²) in [5, 5.41) is 6.29. The van der Waals surface area contributed by atoms with Crippen molar-refractivity contribution >= 4 is 17.2 Å². The van der Waals surface area contributed by atoms with Gasteiger partial charge in [-0.1, -0.05) is 6.07 Å². The molecule has 0 bridgehead atoms. The molecule has 0 spiro atoms. The predicted molar refractivity (Wildman–Crippen MR) is 72.0 cm³/mol. The highest BCUT2D eigenvalue weighted by molar-refractivity contribution is 7.10. The van der Waals surface area contributed by atoms with Crippen LogP contribution in [0.4, 0.5) is 5.82 Å². The SMILES string of the molecule is CC(c1cccs1)N(C)CCn1ccc(N)n1. The van der Waals surface area contributed by atoms with E-state index in [2.05, 4.69) is 41.5 Å². The summed E-state index contributed by atoms with van der Waals surface area (Å²) >= 11 is 1.80. The molecule has 2 N–H and O–H groups in total. The summed E-state index contributed by atoms with van der Waals surface area (Å²) in [5.41, 5.74) is 5.58. The fourth-order valence-electron chi connectivity index (χ4n) is 1.70. The van der Waals surface area contributed by atoms with E-state index in [0.717, 1.165) is 13.1 Å². The zero-order chi connectivity index (χ0) is 12.3. The number of rotatable bonds is 5. The van der Waals surface area contributed by atoms with Crippen molar-refractivity contribution < 1.29 is 0 Å². The topological polar surface area (TPSA) is 47.1 Å². The molecular formula is C12H18N4S. The van der Waals surface area contributed by atoms with Gasteiger partial charge in [-0.15, -0.1) is 11.3 Å². The van der Waals surface area contributed by atoms with E-state index in [1.807, 2.05) is 16.9 Å². The second-order valence-corrected chi connectivity index (χ2v) is 5.15. The third-order valence-corrected chi connectivity index (χ3v) is 4.00. The number of aromatic nitrogens is 2. The van der Waals surface area contributed by atoms with Crippen LogP contribution in [0.1, 0.15) is 17.8 Å². The van der Waals surface area contributed by atoms with E-state index >= 15 is 0 Å². The Morgan fingerprint density at radius 1 is 1.53 bits per heavy atom. The predicted octanol–water partition coefficient (Wildman–Crippen LogP) is 2.22. The molecule has 0 radical (unpaired) electrons. The normalized spacial score (nSPS) is 13.1. The minimum atomic E-state index is 0.447. The van der Waals surface area contributed by atoms with Crippen LogP contribution in [0.25, 0.3) is 0 Å². The molecule has 0 fully saturated rings. The van der Waals surface area contributed by atoms with Gasteiger partial charge in [0.2, 0.25) is 0 Å². The number of thiophene rings is 1. The van der Waals surface area contributed by atoms with Crippen molar-refractivity contribution in [1.29, 1.82) is 0 Å². The van der Waals surface area contributed by atoms with Gasteiger partial charge >= 0.3 is 0 Å². The van der Waals surface area contributed by atoms with Crippen LogP contribution in [-0.2, 0) is 6.54 Å². The molecular weight excluding hydrogens is 232 g/mol. The number of likely N-dealkylation sites (N-methyl/N-ethyl adjacent to an activating group) is 1. The van der Waals surface area contributed by atoms with Crippen molar-refractivity contribution in [3.05, 3.63) is 34.7 Å². The van der Waals surface area contributed by atoms with Gasteiger partial charge < -0.3 is 5.73 Å². The molecule has 1 atom stereocenters. The summed E-state index contributed by atoms with van der Waals surface area (Å²) in [6.45, 7) is 4.05. The van der Waals surface area contributed by atoms with E-state index in [1.54, 1.807) is 11.3 Å². The van der Waals surface area contributed by atoms with Crippen LogP contribution in [0.5, 0.6) is 0 Å². The second kappa shape index (κ2) is 5.33. The van der Waals surface area contributed by atoms with Crippen LogP contribution < -0.4 is 5.73 Å². The Hall–Kier alpha value is -1.33. The zero-order valence-electron chi connectivity index (χ0n) is 10.2. The third kappa shape index (κ3) is 3.08. The van der Waals surface area contributed by atoms with E-state index in [0.29, 0.717) is 11.9 Å². The van der Waals surface area contributed by atoms with Gasteiger partial charge in [0.1, 0.15) is 5.82 Å². The van der Waals surface area contributed by atoms with Gasteiger partial charge in [-0.25, -0.2) is 0 Å². The van der Waals surface area contributed by atoms with Gasteiger partial charge in [-0.2, -0.15) is 5.10 Å². The molecule has 1 unspecified atom stereocenters. The highest BCUT2D eigenvalue weighted by atomic mass is 32.1. The van der Waals surface area contributed by atoms with Gasteiger partial charge in [-0.05, 0) is 31.5 Å². The van der Waals surface area contributed by atoms with Crippen LogP contribution in [0, 0.1) is 0 Å². The summed E-state index contributed by atoms with van der Waals surface area (Å²) in [5.74, 6) is 0.582. The molecule has 2 aromatic rings. The molecule has 2 heterocycles. The van der Waals surface area contributed by atoms with E-state index in [9.17, 15) is 0 Å². The molecule has 4 nitrogen and oxygen atoms in total. The fourth-order valence-corrected chi connectivity index (χ4v) is 2.55. The first kappa shape index (κ1) is 12.1. The van der Waals surface area contributed by atoms with Crippen LogP contribution in [0.3, 0.4) is 0 Å². The minimum Gasteiger partial charge on any atom is -0.382 e. The highest BCUT2D eigenvalue weighted by Crippen LogP contribution is 2.22. The Kier molecular flexibility index (Phi) is 3.81. The Morgan fingerprint density at radius 2 is 2.35 bits per heavy atom. The van der Waals surface area contributed by atoms with Crippen molar-refractivity contribution in [2.75, 3.05) is 19.3 Å². The fraction of sp³-hybridized carbons (Fsp3) is 0.417. The lowest BCUT2D eigenvalue weighted by molar-refractivity contribution is 0.250. The average Bonchev–Trinajstić information content (AvgIpc) is 2.95. The minimum absolute atomic E-state index is 0.447. The maximum Gasteiger partial charge on any atom is 0.145 e. The number of hydrogen-bond acceptors (Lipinski definition) is 4. The monoisotopic (exact) mass is 250 g/mol. The third-order valence-electron chi connectivity index (χ3n) is 2.96. The van der Waals surface area contributed by atoms with Crippen LogP contribution in [0.15, 0.2) is 29.8 Å². The van der Waals surface area contributed by atoms with E-state index in [-0.39, 0.29) is 0 Å². The first-order valence-electron chi connectivity index (χ1n) is 5.69. The van der Waals surface area contributed by atoms with Gasteiger partial charge in [0.25, 0.3) is 0 Å². The van der Waals surface area contributed by atoms with E-state index < -0.39 is 0 Å². The number of nitrogens with two attached hydrogens (primary N) is 1. The number of nitrogens with zero attached hydrogens (tertiary/aromatic N) is 3. The Labute approximate surface area is 106 Å². The highest BCUT2D eigenvalue weighted by Gasteiger charge is 2.12. The van der Waals surface area contributed by atoms with E-state index in [1.165, 1.54) is 4.88 Å². The summed E-state index contributed by atoms with van der Waals surface area (Å²) in [4.78, 5) is 3.72. The van der Waals surface area contributed by atoms with Gasteiger partial charge in [0.15, 0.2) is 0 Å². The molecule has 5 heteroatoms. The molecule has 2 aromatic heterocycles. The smallest absolute Gasteiger partial charge is 0.145 e. The molecule has 92 valence electrons. The van der Waals surface area contributed by atoms with Crippen LogP contribution in [-0.4, -0.2) is 28.3 Å². The summed E-state index contributed by atoms with van der Waals surface area (Å²) < 4.78 is 1.88. The standard InChI is InChI=1S/C12H18N4S/c1-10(11-4-3-9-17-11)15(2)7-8-16-6-5-12(13)14-16/h3-6,9-10H,7-8H2,1-2H3,(H2,13,14). The van der Waals surface area contributed by atoms with Crippen molar-refractivity contribution in [1.82, 2.24) is 14.7 Å². The average molecular weight is 250 g/mol. The zero-order valence-corrected chi connectivity index (χ0v) is 11.0. The van der Waals surface area contributed by atoms with Crippen molar-refractivity contribution in [3.8, 4) is 0 Å². The molecule has 0 saturated carbocycles. The molecule has 0 amide bonds. The van der Waals surface area contributed by atoms with Gasteiger partial charge in [-0.3, -0.25) is 9.58 Å². The number of anilines is 1. The first-order chi connectivity index (χ1) is 8.16. The summed E-state index contributed by atoms with van der Waals surface area (Å²) in [7, 11) is 2.14. The summed E-state index contributed by atoms with van der Waals surface area (Å²) in [6, 6.07) is 6.54. The molecule has 2 rings (SSSR count). The molecule has 17 heavy (non-hydrogen) atoms. The van der Waals surface area contributed by atoms with Crippen LogP contribution in [0.2, 0.25) is 0 Å². The number of nitrogen functional groups attached to an aromatic ring is 1. The maximum absolute atomic E-state index is 5.58. The van der Waals surface area contributed by atoms with Gasteiger partial charge in [0, 0.05) is 23.7 Å². The first-order valence-corrected chi connectivity index (χ1v) is 6.57. The van der Waals surface area contributed by atoms with Gasteiger partial charge in [0.05, 0.1) is 6.54 Å². The Balaban J connectivity index is 1.87. The lowest BCUT2D eigenvalue weighted by Crippen LogP contribution is -2.26. The van der Waals surface area contributed by atoms with Crippen molar-refractivity contribution in [2.45, 2.75) is 19.5 Å². The second-order valence-electron chi connectivity index (χ2n) is 4.18. The maximum atomic E-state index is 5.58. The molecule has 0 saturated heterocycles. The lowest BCUT2D eigenvalue weighted by Gasteiger charge is -2.23. The summed E-state index contributed by atoms with van der Waals surface area (Å²) in [6.07, 6.45) is 1.92. The van der Waals surface area contributed by atoms with Crippen molar-refractivity contribution in [3.63, 3.8) is 0 Å². The quantitative estimate of drug-likeness (QED) is 0.885. The molecule has 0 aliphatic rings. The Morgan fingerprint density at radius 3 is 2.94 bits per heavy atom. The molecule has 0 aromatic carbocycles. The molecule has 0 aliphatic carbocycles. The number of hydrogen-bond donors (Lipinski definition) is 1. The van der Waals surface area contributed by atoms with E-state index in [4.69, 9.17) is 5.73 Å². The van der Waals surface area contributed by atoms with Crippen LogP contribution >= 0.6 is 11.3 Å². The Bertz CT molecular complexity index is 449. The van der Waals surface area contributed by atoms with Crippen molar-refractivity contribution in [2.24, 2.45) is 0 Å². The largest absolute Gasteiger partial charge is 0.382 e. The lowest BCUT2D eigenvalue weighted by atomic mass is 10.2. The molecule has 0 aliphatic heterocycles.